The van der Waals surface area contributed by atoms with E-state index in [1.54, 1.807) is 18.1 Å². The number of hydrogen-bond acceptors (Lipinski definition) is 3. The van der Waals surface area contributed by atoms with Crippen LogP contribution in [0.3, 0.4) is 0 Å². The van der Waals surface area contributed by atoms with E-state index in [4.69, 9.17) is 9.47 Å². The minimum Gasteiger partial charge on any atom is -0.497 e. The van der Waals surface area contributed by atoms with Crippen molar-refractivity contribution >= 4 is 11.8 Å². The van der Waals surface area contributed by atoms with Gasteiger partial charge in [-0.3, -0.25) is 4.90 Å². The second-order valence-corrected chi connectivity index (χ2v) is 5.53. The standard InChI is InChI=1S/C16H23NO3/c1-7-10-17(15(18)20-16(3,4)5)14-9-8-13(19-6)11-12(14)2/h7-9,11H,1,10H2,2-6H3. The van der Waals surface area contributed by atoms with Crippen LogP contribution in [-0.4, -0.2) is 25.3 Å². The van der Waals surface area contributed by atoms with Crippen molar-refractivity contribution in [2.24, 2.45) is 0 Å². The fourth-order valence-electron chi connectivity index (χ4n) is 1.78. The summed E-state index contributed by atoms with van der Waals surface area (Å²) in [5.41, 5.74) is 1.20. The zero-order chi connectivity index (χ0) is 15.3. The van der Waals surface area contributed by atoms with E-state index in [1.165, 1.54) is 0 Å². The van der Waals surface area contributed by atoms with E-state index in [1.807, 2.05) is 45.9 Å². The summed E-state index contributed by atoms with van der Waals surface area (Å²) < 4.78 is 10.6. The molecule has 0 aliphatic carbocycles. The van der Waals surface area contributed by atoms with Crippen LogP contribution in [-0.2, 0) is 4.74 Å². The van der Waals surface area contributed by atoms with Crippen LogP contribution in [0.15, 0.2) is 30.9 Å². The highest BCUT2D eigenvalue weighted by molar-refractivity contribution is 5.89. The average molecular weight is 277 g/mol. The molecule has 0 spiro atoms. The van der Waals surface area contributed by atoms with E-state index < -0.39 is 5.60 Å². The molecule has 0 aliphatic rings. The third-order valence-electron chi connectivity index (χ3n) is 2.62. The second kappa shape index (κ2) is 6.46. The zero-order valence-corrected chi connectivity index (χ0v) is 12.9. The lowest BCUT2D eigenvalue weighted by Crippen LogP contribution is -2.37. The Kier molecular flexibility index (Phi) is 5.19. The topological polar surface area (TPSA) is 38.8 Å². The van der Waals surface area contributed by atoms with E-state index >= 15 is 0 Å². The molecule has 4 nitrogen and oxygen atoms in total. The minimum atomic E-state index is -0.531. The number of aryl methyl sites for hydroxylation is 1. The Labute approximate surface area is 121 Å². The monoisotopic (exact) mass is 277 g/mol. The van der Waals surface area contributed by atoms with Gasteiger partial charge >= 0.3 is 6.09 Å². The number of nitrogens with zero attached hydrogens (tertiary/aromatic N) is 1. The van der Waals surface area contributed by atoms with Crippen LogP contribution in [0, 0.1) is 6.92 Å². The van der Waals surface area contributed by atoms with E-state index in [0.717, 1.165) is 17.0 Å². The summed E-state index contributed by atoms with van der Waals surface area (Å²) in [5, 5.41) is 0. The van der Waals surface area contributed by atoms with Crippen molar-refractivity contribution in [1.82, 2.24) is 0 Å². The SMILES string of the molecule is C=CCN(C(=O)OC(C)(C)C)c1ccc(OC)cc1C. The molecule has 20 heavy (non-hydrogen) atoms. The molecule has 1 aromatic carbocycles. The van der Waals surface area contributed by atoms with Gasteiger partial charge < -0.3 is 9.47 Å². The van der Waals surface area contributed by atoms with Gasteiger partial charge in [-0.1, -0.05) is 6.08 Å². The maximum absolute atomic E-state index is 12.3. The number of anilines is 1. The molecule has 0 fully saturated rings. The first-order chi connectivity index (χ1) is 9.28. The number of benzene rings is 1. The Hall–Kier alpha value is -1.97. The maximum Gasteiger partial charge on any atom is 0.415 e. The number of rotatable bonds is 4. The third-order valence-corrected chi connectivity index (χ3v) is 2.62. The molecule has 0 unspecified atom stereocenters. The summed E-state index contributed by atoms with van der Waals surface area (Å²) in [5.74, 6) is 0.758. The largest absolute Gasteiger partial charge is 0.497 e. The van der Waals surface area contributed by atoms with Gasteiger partial charge in [-0.05, 0) is 51.5 Å². The maximum atomic E-state index is 12.3. The molecule has 1 aromatic rings. The van der Waals surface area contributed by atoms with Crippen LogP contribution in [0.2, 0.25) is 0 Å². The van der Waals surface area contributed by atoms with Crippen LogP contribution in [0.5, 0.6) is 5.75 Å². The number of ether oxygens (including phenoxy) is 2. The second-order valence-electron chi connectivity index (χ2n) is 5.53. The predicted molar refractivity (Wildman–Crippen MR) is 81.5 cm³/mol. The number of hydrogen-bond donors (Lipinski definition) is 0. The van der Waals surface area contributed by atoms with Gasteiger partial charge in [0.05, 0.1) is 12.8 Å². The fourth-order valence-corrected chi connectivity index (χ4v) is 1.78. The lowest BCUT2D eigenvalue weighted by molar-refractivity contribution is 0.0584. The van der Waals surface area contributed by atoms with Crippen molar-refractivity contribution < 1.29 is 14.3 Å². The molecule has 0 aromatic heterocycles. The normalized spacial score (nSPS) is 10.8. The molecule has 0 saturated heterocycles. The van der Waals surface area contributed by atoms with Gasteiger partial charge in [0.15, 0.2) is 0 Å². The summed E-state index contributed by atoms with van der Waals surface area (Å²) >= 11 is 0. The summed E-state index contributed by atoms with van der Waals surface area (Å²) in [6, 6.07) is 5.56. The highest BCUT2D eigenvalue weighted by Crippen LogP contribution is 2.26. The van der Waals surface area contributed by atoms with Gasteiger partial charge in [-0.25, -0.2) is 4.79 Å². The summed E-state index contributed by atoms with van der Waals surface area (Å²) in [7, 11) is 1.61. The zero-order valence-electron chi connectivity index (χ0n) is 12.9. The van der Waals surface area contributed by atoms with Crippen LogP contribution >= 0.6 is 0 Å². The van der Waals surface area contributed by atoms with Crippen molar-refractivity contribution in [2.75, 3.05) is 18.6 Å². The van der Waals surface area contributed by atoms with Crippen molar-refractivity contribution in [3.8, 4) is 5.75 Å². The molecular weight excluding hydrogens is 254 g/mol. The molecular formula is C16H23NO3. The minimum absolute atomic E-state index is 0.384. The first kappa shape index (κ1) is 16.1. The van der Waals surface area contributed by atoms with Crippen LogP contribution in [0.1, 0.15) is 26.3 Å². The van der Waals surface area contributed by atoms with Gasteiger partial charge in [0.1, 0.15) is 11.4 Å². The van der Waals surface area contributed by atoms with E-state index in [2.05, 4.69) is 6.58 Å². The van der Waals surface area contributed by atoms with Crippen molar-refractivity contribution in [1.29, 1.82) is 0 Å². The number of carbonyl (C=O) groups excluding carboxylic acids is 1. The Morgan fingerprint density at radius 2 is 2.05 bits per heavy atom. The van der Waals surface area contributed by atoms with E-state index in [9.17, 15) is 4.79 Å². The van der Waals surface area contributed by atoms with Gasteiger partial charge in [0, 0.05) is 6.54 Å². The molecule has 0 N–H and O–H groups in total. The molecule has 0 saturated carbocycles. The molecule has 0 heterocycles. The summed E-state index contributed by atoms with van der Waals surface area (Å²) in [6.07, 6.45) is 1.29. The van der Waals surface area contributed by atoms with Gasteiger partial charge in [-0.15, -0.1) is 6.58 Å². The van der Waals surface area contributed by atoms with Gasteiger partial charge in [0.25, 0.3) is 0 Å². The Morgan fingerprint density at radius 3 is 2.50 bits per heavy atom. The smallest absolute Gasteiger partial charge is 0.415 e. The quantitative estimate of drug-likeness (QED) is 0.783. The van der Waals surface area contributed by atoms with E-state index in [-0.39, 0.29) is 6.09 Å². The van der Waals surface area contributed by atoms with E-state index in [0.29, 0.717) is 6.54 Å². The Bertz CT molecular complexity index is 489. The predicted octanol–water partition coefficient (Wildman–Crippen LogP) is 3.93. The lowest BCUT2D eigenvalue weighted by Gasteiger charge is -2.27. The highest BCUT2D eigenvalue weighted by Gasteiger charge is 2.23. The molecule has 0 radical (unpaired) electrons. The first-order valence-electron chi connectivity index (χ1n) is 6.54. The Morgan fingerprint density at radius 1 is 1.40 bits per heavy atom. The van der Waals surface area contributed by atoms with Crippen LogP contribution < -0.4 is 9.64 Å². The molecule has 0 bridgehead atoms. The lowest BCUT2D eigenvalue weighted by atomic mass is 10.1. The number of methoxy groups -OCH3 is 1. The molecule has 1 amide bonds. The fraction of sp³-hybridized carbons (Fsp3) is 0.438. The van der Waals surface area contributed by atoms with Crippen LogP contribution in [0.25, 0.3) is 0 Å². The van der Waals surface area contributed by atoms with Gasteiger partial charge in [-0.2, -0.15) is 0 Å². The number of carbonyl (C=O) groups is 1. The third kappa shape index (κ3) is 4.30. The summed E-state index contributed by atoms with van der Waals surface area (Å²) in [6.45, 7) is 11.5. The molecule has 0 aliphatic heterocycles. The molecule has 0 atom stereocenters. The molecule has 110 valence electrons. The number of amides is 1. The summed E-state index contributed by atoms with van der Waals surface area (Å²) in [4.78, 5) is 13.8. The van der Waals surface area contributed by atoms with Gasteiger partial charge in [0.2, 0.25) is 0 Å². The highest BCUT2D eigenvalue weighted by atomic mass is 16.6. The first-order valence-corrected chi connectivity index (χ1v) is 6.54. The van der Waals surface area contributed by atoms with Crippen LogP contribution in [0.4, 0.5) is 10.5 Å². The van der Waals surface area contributed by atoms with Crippen molar-refractivity contribution in [2.45, 2.75) is 33.3 Å². The van der Waals surface area contributed by atoms with Crippen molar-refractivity contribution in [3.05, 3.63) is 36.4 Å². The molecule has 4 heteroatoms. The molecule has 1 rings (SSSR count). The Balaban J connectivity index is 3.07. The van der Waals surface area contributed by atoms with Crippen molar-refractivity contribution in [3.63, 3.8) is 0 Å². The average Bonchev–Trinajstić information content (AvgIpc) is 2.34.